The van der Waals surface area contributed by atoms with E-state index in [1.165, 1.54) is 0 Å². The molecule has 2 heteroatoms. The summed E-state index contributed by atoms with van der Waals surface area (Å²) in [4.78, 5) is 12.4. The zero-order valence-corrected chi connectivity index (χ0v) is 14.0. The molecule has 0 amide bonds. The van der Waals surface area contributed by atoms with Gasteiger partial charge < -0.3 is 4.74 Å². The Balaban J connectivity index is 1.88. The highest BCUT2D eigenvalue weighted by Crippen LogP contribution is 2.19. The molecule has 0 saturated heterocycles. The predicted molar refractivity (Wildman–Crippen MR) is 99.1 cm³/mol. The monoisotopic (exact) mass is 326 g/mol. The van der Waals surface area contributed by atoms with E-state index in [1.54, 1.807) is 12.1 Å². The summed E-state index contributed by atoms with van der Waals surface area (Å²) >= 11 is 0. The smallest absolute Gasteiger partial charge is 0.339 e. The van der Waals surface area contributed by atoms with Crippen molar-refractivity contribution in [2.45, 2.75) is 13.0 Å². The Morgan fingerprint density at radius 2 is 1.44 bits per heavy atom. The van der Waals surface area contributed by atoms with E-state index < -0.39 is 6.10 Å². The van der Waals surface area contributed by atoms with Crippen molar-refractivity contribution in [3.05, 3.63) is 107 Å². The molecule has 1 atom stereocenters. The van der Waals surface area contributed by atoms with Gasteiger partial charge in [-0.2, -0.15) is 0 Å². The molecule has 0 aromatic heterocycles. The molecule has 0 heterocycles. The second-order valence-electron chi connectivity index (χ2n) is 5.70. The van der Waals surface area contributed by atoms with Crippen molar-refractivity contribution >= 4 is 5.97 Å². The van der Waals surface area contributed by atoms with Gasteiger partial charge in [-0.15, -0.1) is 0 Å². The molecular formula is C23H18O2. The lowest BCUT2D eigenvalue weighted by molar-refractivity contribution is 0.0408. The van der Waals surface area contributed by atoms with Crippen molar-refractivity contribution in [2.24, 2.45) is 0 Å². The first kappa shape index (κ1) is 16.5. The predicted octanol–water partition coefficient (Wildman–Crippen LogP) is 4.94. The minimum atomic E-state index is -0.617. The van der Waals surface area contributed by atoms with Crippen LogP contribution in [0.25, 0.3) is 0 Å². The lowest BCUT2D eigenvalue weighted by Crippen LogP contribution is -2.10. The third kappa shape index (κ3) is 4.59. The summed E-state index contributed by atoms with van der Waals surface area (Å²) < 4.78 is 5.67. The van der Waals surface area contributed by atoms with Crippen LogP contribution in [0.2, 0.25) is 0 Å². The summed E-state index contributed by atoms with van der Waals surface area (Å²) in [6, 6.07) is 26.5. The summed E-state index contributed by atoms with van der Waals surface area (Å²) in [6.07, 6.45) is -0.617. The van der Waals surface area contributed by atoms with Crippen molar-refractivity contribution in [3.63, 3.8) is 0 Å². The van der Waals surface area contributed by atoms with Crippen LogP contribution < -0.4 is 0 Å². The van der Waals surface area contributed by atoms with Gasteiger partial charge in [-0.05, 0) is 37.1 Å². The minimum Gasteiger partial charge on any atom is -0.441 e. The summed E-state index contributed by atoms with van der Waals surface area (Å²) in [6.45, 7) is 2.02. The van der Waals surface area contributed by atoms with Crippen LogP contribution in [0.15, 0.2) is 84.9 Å². The van der Waals surface area contributed by atoms with Crippen LogP contribution in [0.5, 0.6) is 0 Å². The van der Waals surface area contributed by atoms with E-state index >= 15 is 0 Å². The number of carbonyl (C=O) groups is 1. The van der Waals surface area contributed by atoms with Crippen LogP contribution in [0, 0.1) is 18.8 Å². The quantitative estimate of drug-likeness (QED) is 0.503. The van der Waals surface area contributed by atoms with Crippen molar-refractivity contribution in [1.29, 1.82) is 0 Å². The molecular weight excluding hydrogens is 308 g/mol. The average Bonchev–Trinajstić information content (AvgIpc) is 2.67. The van der Waals surface area contributed by atoms with Gasteiger partial charge in [0.25, 0.3) is 0 Å². The van der Waals surface area contributed by atoms with E-state index in [9.17, 15) is 4.79 Å². The zero-order valence-electron chi connectivity index (χ0n) is 14.0. The van der Waals surface area contributed by atoms with E-state index in [1.807, 2.05) is 79.7 Å². The Hall–Kier alpha value is -3.31. The Morgan fingerprint density at radius 1 is 0.840 bits per heavy atom. The molecule has 0 fully saturated rings. The maximum atomic E-state index is 12.4. The van der Waals surface area contributed by atoms with Gasteiger partial charge in [-0.25, -0.2) is 4.79 Å². The fourth-order valence-electron chi connectivity index (χ4n) is 2.34. The Kier molecular flexibility index (Phi) is 5.29. The number of esters is 1. The Labute approximate surface area is 148 Å². The minimum absolute atomic E-state index is 0.381. The molecule has 122 valence electrons. The highest BCUT2D eigenvalue weighted by molar-refractivity contribution is 5.89. The topological polar surface area (TPSA) is 26.3 Å². The second-order valence-corrected chi connectivity index (χ2v) is 5.70. The summed E-state index contributed by atoms with van der Waals surface area (Å²) in [7, 11) is 0. The highest BCUT2D eigenvalue weighted by Gasteiger charge is 2.15. The van der Waals surface area contributed by atoms with Crippen LogP contribution in [0.4, 0.5) is 0 Å². The van der Waals surface area contributed by atoms with E-state index in [0.717, 1.165) is 16.7 Å². The lowest BCUT2D eigenvalue weighted by Gasteiger charge is -2.13. The Morgan fingerprint density at radius 3 is 2.08 bits per heavy atom. The van der Waals surface area contributed by atoms with Crippen LogP contribution >= 0.6 is 0 Å². The molecule has 25 heavy (non-hydrogen) atoms. The van der Waals surface area contributed by atoms with Gasteiger partial charge >= 0.3 is 5.97 Å². The van der Waals surface area contributed by atoms with Gasteiger partial charge in [-0.3, -0.25) is 0 Å². The molecule has 0 aliphatic carbocycles. The number of hydrogen-bond donors (Lipinski definition) is 0. The van der Waals surface area contributed by atoms with E-state index in [2.05, 4.69) is 11.8 Å². The molecule has 0 saturated carbocycles. The van der Waals surface area contributed by atoms with Crippen molar-refractivity contribution < 1.29 is 9.53 Å². The molecule has 0 aliphatic rings. The fraction of sp³-hybridized carbons (Fsp3) is 0.0870. The Bertz CT molecular complexity index is 886. The number of carbonyl (C=O) groups excluding carboxylic acids is 1. The van der Waals surface area contributed by atoms with E-state index in [0.29, 0.717) is 5.56 Å². The molecule has 1 unspecified atom stereocenters. The van der Waals surface area contributed by atoms with Crippen LogP contribution in [-0.4, -0.2) is 5.97 Å². The number of hydrogen-bond acceptors (Lipinski definition) is 2. The van der Waals surface area contributed by atoms with Crippen molar-refractivity contribution in [1.82, 2.24) is 0 Å². The molecule has 2 nitrogen and oxygen atoms in total. The maximum absolute atomic E-state index is 12.4. The van der Waals surface area contributed by atoms with Gasteiger partial charge in [0.1, 0.15) is 0 Å². The summed E-state index contributed by atoms with van der Waals surface area (Å²) in [5.41, 5.74) is 3.41. The third-order valence-corrected chi connectivity index (χ3v) is 3.74. The summed E-state index contributed by atoms with van der Waals surface area (Å²) in [5.74, 6) is 5.79. The average molecular weight is 326 g/mol. The van der Waals surface area contributed by atoms with Crippen LogP contribution in [0.1, 0.15) is 33.2 Å². The van der Waals surface area contributed by atoms with Crippen LogP contribution in [0.3, 0.4) is 0 Å². The SMILES string of the molecule is Cc1ccc(C(C#Cc2ccccc2)OC(=O)c2ccccc2)cc1. The van der Waals surface area contributed by atoms with Gasteiger partial charge in [0.2, 0.25) is 0 Å². The number of benzene rings is 3. The number of aryl methyl sites for hydroxylation is 1. The molecule has 3 aromatic rings. The molecule has 0 aliphatic heterocycles. The van der Waals surface area contributed by atoms with Crippen molar-refractivity contribution in [2.75, 3.05) is 0 Å². The second kappa shape index (κ2) is 7.99. The van der Waals surface area contributed by atoms with E-state index in [-0.39, 0.29) is 5.97 Å². The first-order valence-electron chi connectivity index (χ1n) is 8.11. The molecule has 0 spiro atoms. The molecule has 3 rings (SSSR count). The maximum Gasteiger partial charge on any atom is 0.339 e. The van der Waals surface area contributed by atoms with Gasteiger partial charge in [0.15, 0.2) is 6.10 Å². The first-order valence-corrected chi connectivity index (χ1v) is 8.11. The number of rotatable bonds is 3. The molecule has 0 radical (unpaired) electrons. The first-order chi connectivity index (χ1) is 12.2. The third-order valence-electron chi connectivity index (χ3n) is 3.74. The standard InChI is InChI=1S/C23H18O2/c1-18-12-15-20(16-13-18)22(17-14-19-8-4-2-5-9-19)25-23(24)21-10-6-3-7-11-21/h2-13,15-16,22H,1H3. The van der Waals surface area contributed by atoms with Crippen LogP contribution in [-0.2, 0) is 4.74 Å². The zero-order chi connectivity index (χ0) is 17.5. The largest absolute Gasteiger partial charge is 0.441 e. The van der Waals surface area contributed by atoms with Crippen molar-refractivity contribution in [3.8, 4) is 11.8 Å². The number of ether oxygens (including phenoxy) is 1. The highest BCUT2D eigenvalue weighted by atomic mass is 16.5. The molecule has 0 bridgehead atoms. The normalized spacial score (nSPS) is 11.1. The lowest BCUT2D eigenvalue weighted by atomic mass is 10.1. The van der Waals surface area contributed by atoms with Gasteiger partial charge in [0, 0.05) is 11.1 Å². The molecule has 3 aromatic carbocycles. The molecule has 0 N–H and O–H groups in total. The fourth-order valence-corrected chi connectivity index (χ4v) is 2.34. The van der Waals surface area contributed by atoms with Gasteiger partial charge in [-0.1, -0.05) is 72.1 Å². The van der Waals surface area contributed by atoms with E-state index in [4.69, 9.17) is 4.74 Å². The van der Waals surface area contributed by atoms with Gasteiger partial charge in [0.05, 0.1) is 5.56 Å². The summed E-state index contributed by atoms with van der Waals surface area (Å²) in [5, 5.41) is 0.